The Morgan fingerprint density at radius 1 is 1.53 bits per heavy atom. The van der Waals surface area contributed by atoms with E-state index in [1.807, 2.05) is 20.8 Å². The molecule has 0 saturated heterocycles. The topological polar surface area (TPSA) is 92.2 Å². The third kappa shape index (κ3) is 4.10. The zero-order valence-electron chi connectivity index (χ0n) is 9.93. The Balaban J connectivity index is 2.73. The van der Waals surface area contributed by atoms with E-state index in [1.165, 1.54) is 6.20 Å². The molecule has 0 fully saturated rings. The number of carboxylic acids is 1. The van der Waals surface area contributed by atoms with Crippen LogP contribution >= 0.6 is 11.5 Å². The molecule has 1 aromatic heterocycles. The zero-order valence-corrected chi connectivity index (χ0v) is 10.7. The Morgan fingerprint density at radius 2 is 2.18 bits per heavy atom. The highest BCUT2D eigenvalue weighted by atomic mass is 32.1. The van der Waals surface area contributed by atoms with Crippen LogP contribution in [0.15, 0.2) is 6.20 Å². The summed E-state index contributed by atoms with van der Waals surface area (Å²) < 4.78 is 3.59. The lowest BCUT2D eigenvalue weighted by molar-refractivity contribution is -0.138. The van der Waals surface area contributed by atoms with Crippen molar-refractivity contribution in [2.45, 2.75) is 33.2 Å². The van der Waals surface area contributed by atoms with Gasteiger partial charge in [-0.15, -0.1) is 5.10 Å². The number of nitrogens with one attached hydrogen (secondary N) is 1. The Hall–Kier alpha value is -1.50. The number of aliphatic carboxylic acids is 1. The molecule has 1 atom stereocenters. The summed E-state index contributed by atoms with van der Waals surface area (Å²) in [6.45, 7) is 5.64. The van der Waals surface area contributed by atoms with Crippen molar-refractivity contribution in [2.75, 3.05) is 0 Å². The largest absolute Gasteiger partial charge is 0.481 e. The molecule has 94 valence electrons. The van der Waals surface area contributed by atoms with Crippen LogP contribution in [0.25, 0.3) is 0 Å². The van der Waals surface area contributed by atoms with E-state index >= 15 is 0 Å². The summed E-state index contributed by atoms with van der Waals surface area (Å²) in [6, 6.07) is -0.436. The molecule has 0 aliphatic carbocycles. The molecule has 0 spiro atoms. The lowest BCUT2D eigenvalue weighted by Crippen LogP contribution is -2.44. The average Bonchev–Trinajstić information content (AvgIpc) is 2.66. The Labute approximate surface area is 103 Å². The van der Waals surface area contributed by atoms with Crippen molar-refractivity contribution in [3.05, 3.63) is 11.1 Å². The maximum atomic E-state index is 11.8. The average molecular weight is 257 g/mol. The van der Waals surface area contributed by atoms with Gasteiger partial charge in [0.15, 0.2) is 0 Å². The van der Waals surface area contributed by atoms with Gasteiger partial charge in [-0.05, 0) is 16.9 Å². The first-order valence-corrected chi connectivity index (χ1v) is 5.88. The van der Waals surface area contributed by atoms with Crippen LogP contribution in [0.1, 0.15) is 36.9 Å². The van der Waals surface area contributed by atoms with E-state index in [1.54, 1.807) is 0 Å². The fourth-order valence-corrected chi connectivity index (χ4v) is 1.66. The highest BCUT2D eigenvalue weighted by molar-refractivity contribution is 7.07. The fourth-order valence-electron chi connectivity index (χ4n) is 1.24. The van der Waals surface area contributed by atoms with Crippen LogP contribution in [-0.4, -0.2) is 32.6 Å². The predicted octanol–water partition coefficient (Wildman–Crippen LogP) is 1.16. The smallest absolute Gasteiger partial charge is 0.305 e. The molecule has 0 radical (unpaired) electrons. The number of amides is 1. The van der Waals surface area contributed by atoms with Gasteiger partial charge in [-0.1, -0.05) is 25.3 Å². The SMILES string of the molecule is CC(C)(C)C(CC(=O)O)NC(=O)c1cnns1. The van der Waals surface area contributed by atoms with Crippen LogP contribution in [0, 0.1) is 5.41 Å². The van der Waals surface area contributed by atoms with Gasteiger partial charge in [0.05, 0.1) is 12.6 Å². The van der Waals surface area contributed by atoms with Gasteiger partial charge in [0.25, 0.3) is 5.91 Å². The molecule has 6 nitrogen and oxygen atoms in total. The molecule has 2 N–H and O–H groups in total. The summed E-state index contributed by atoms with van der Waals surface area (Å²) in [5.41, 5.74) is -0.327. The van der Waals surface area contributed by atoms with E-state index in [-0.39, 0.29) is 17.7 Å². The number of hydrogen-bond donors (Lipinski definition) is 2. The van der Waals surface area contributed by atoms with Gasteiger partial charge >= 0.3 is 5.97 Å². The predicted molar refractivity (Wildman–Crippen MR) is 62.9 cm³/mol. The number of nitrogens with zero attached hydrogens (tertiary/aromatic N) is 2. The molecular weight excluding hydrogens is 242 g/mol. The number of carbonyl (C=O) groups excluding carboxylic acids is 1. The molecule has 1 amide bonds. The van der Waals surface area contributed by atoms with Crippen molar-refractivity contribution >= 4 is 23.4 Å². The fraction of sp³-hybridized carbons (Fsp3) is 0.600. The molecule has 1 rings (SSSR count). The minimum Gasteiger partial charge on any atom is -0.481 e. The number of rotatable bonds is 4. The molecule has 0 aliphatic heterocycles. The Kier molecular flexibility index (Phi) is 4.17. The van der Waals surface area contributed by atoms with Crippen molar-refractivity contribution < 1.29 is 14.7 Å². The number of carbonyl (C=O) groups is 2. The van der Waals surface area contributed by atoms with Gasteiger partial charge < -0.3 is 10.4 Å². The van der Waals surface area contributed by atoms with E-state index in [0.29, 0.717) is 4.88 Å². The lowest BCUT2D eigenvalue weighted by atomic mass is 9.84. The second kappa shape index (κ2) is 5.22. The van der Waals surface area contributed by atoms with Gasteiger partial charge in [-0.25, -0.2) is 0 Å². The lowest BCUT2D eigenvalue weighted by Gasteiger charge is -2.30. The van der Waals surface area contributed by atoms with Gasteiger partial charge in [-0.3, -0.25) is 9.59 Å². The van der Waals surface area contributed by atoms with Crippen LogP contribution in [0.5, 0.6) is 0 Å². The molecule has 0 bridgehead atoms. The van der Waals surface area contributed by atoms with Crippen molar-refractivity contribution in [1.29, 1.82) is 0 Å². The minimum absolute atomic E-state index is 0.110. The van der Waals surface area contributed by atoms with Gasteiger partial charge in [0, 0.05) is 6.04 Å². The summed E-state index contributed by atoms with van der Waals surface area (Å²) in [6.07, 6.45) is 1.25. The third-order valence-electron chi connectivity index (χ3n) is 2.31. The van der Waals surface area contributed by atoms with Crippen LogP contribution < -0.4 is 5.32 Å². The number of aromatic nitrogens is 2. The van der Waals surface area contributed by atoms with Crippen LogP contribution in [-0.2, 0) is 4.79 Å². The first-order valence-electron chi connectivity index (χ1n) is 5.10. The van der Waals surface area contributed by atoms with Gasteiger partial charge in [-0.2, -0.15) is 0 Å². The first kappa shape index (κ1) is 13.6. The van der Waals surface area contributed by atoms with Gasteiger partial charge in [0.2, 0.25) is 0 Å². The Morgan fingerprint density at radius 3 is 2.59 bits per heavy atom. The molecule has 1 heterocycles. The molecule has 1 unspecified atom stereocenters. The molecule has 0 aromatic carbocycles. The summed E-state index contributed by atoms with van der Waals surface area (Å²) in [5.74, 6) is -1.27. The quantitative estimate of drug-likeness (QED) is 0.844. The molecule has 17 heavy (non-hydrogen) atoms. The van der Waals surface area contributed by atoms with Crippen molar-refractivity contribution in [3.8, 4) is 0 Å². The monoisotopic (exact) mass is 257 g/mol. The van der Waals surface area contributed by atoms with Crippen molar-refractivity contribution in [1.82, 2.24) is 14.9 Å². The van der Waals surface area contributed by atoms with E-state index < -0.39 is 12.0 Å². The second-order valence-corrected chi connectivity index (χ2v) is 5.56. The third-order valence-corrected chi connectivity index (χ3v) is 2.98. The van der Waals surface area contributed by atoms with Crippen LogP contribution in [0.3, 0.4) is 0 Å². The van der Waals surface area contributed by atoms with E-state index in [2.05, 4.69) is 14.9 Å². The molecule has 0 saturated carbocycles. The minimum atomic E-state index is -0.937. The van der Waals surface area contributed by atoms with E-state index in [4.69, 9.17) is 5.11 Å². The molecule has 1 aromatic rings. The van der Waals surface area contributed by atoms with E-state index in [0.717, 1.165) is 11.5 Å². The summed E-state index contributed by atoms with van der Waals surface area (Å²) in [5, 5.41) is 15.1. The summed E-state index contributed by atoms with van der Waals surface area (Å²) in [4.78, 5) is 22.9. The van der Waals surface area contributed by atoms with Gasteiger partial charge in [0.1, 0.15) is 4.88 Å². The second-order valence-electron chi connectivity index (χ2n) is 4.77. The standard InChI is InChI=1S/C10H15N3O3S/c1-10(2,3)7(4-8(14)15)12-9(16)6-5-11-13-17-6/h5,7H,4H2,1-3H3,(H,12,16)(H,14,15). The maximum Gasteiger partial charge on any atom is 0.305 e. The normalized spacial score (nSPS) is 13.1. The summed E-state index contributed by atoms with van der Waals surface area (Å²) in [7, 11) is 0. The maximum absolute atomic E-state index is 11.8. The molecule has 0 aliphatic rings. The van der Waals surface area contributed by atoms with Crippen LogP contribution in [0.4, 0.5) is 0 Å². The number of carboxylic acid groups (broad SMARTS) is 1. The highest BCUT2D eigenvalue weighted by Gasteiger charge is 2.29. The molecule has 7 heteroatoms. The zero-order chi connectivity index (χ0) is 13.1. The van der Waals surface area contributed by atoms with E-state index in [9.17, 15) is 9.59 Å². The highest BCUT2D eigenvalue weighted by Crippen LogP contribution is 2.22. The van der Waals surface area contributed by atoms with Crippen molar-refractivity contribution in [3.63, 3.8) is 0 Å². The van der Waals surface area contributed by atoms with Crippen molar-refractivity contribution in [2.24, 2.45) is 5.41 Å². The summed E-state index contributed by atoms with van der Waals surface area (Å²) >= 11 is 0.982. The number of hydrogen-bond acceptors (Lipinski definition) is 5. The first-order chi connectivity index (χ1) is 7.80. The molecular formula is C10H15N3O3S. The Bertz CT molecular complexity index is 397. The van der Waals surface area contributed by atoms with Crippen LogP contribution in [0.2, 0.25) is 0 Å².